The number of fused-ring (bicyclic) bond motifs is 3. The van der Waals surface area contributed by atoms with Crippen molar-refractivity contribution in [1.82, 2.24) is 4.98 Å². The molecule has 1 aromatic heterocycles. The zero-order chi connectivity index (χ0) is 13.4. The number of pyridine rings is 1. The maximum atomic E-state index is 4.52. The van der Waals surface area contributed by atoms with Crippen molar-refractivity contribution in [2.75, 3.05) is 0 Å². The van der Waals surface area contributed by atoms with Gasteiger partial charge in [-0.1, -0.05) is 60.7 Å². The van der Waals surface area contributed by atoms with Gasteiger partial charge in [0.05, 0.1) is 5.52 Å². The molecule has 0 bridgehead atoms. The molecule has 94 valence electrons. The normalized spacial score (nSPS) is 11.0. The van der Waals surface area contributed by atoms with Crippen LogP contribution in [0.3, 0.4) is 0 Å². The van der Waals surface area contributed by atoms with Gasteiger partial charge in [-0.25, -0.2) is 0 Å². The molecule has 0 radical (unpaired) electrons. The largest absolute Gasteiger partial charge is 0.256 e. The van der Waals surface area contributed by atoms with Gasteiger partial charge in [0.2, 0.25) is 0 Å². The number of hydrogen-bond donors (Lipinski definition) is 0. The summed E-state index contributed by atoms with van der Waals surface area (Å²) in [5.74, 6) is 0. The van der Waals surface area contributed by atoms with Crippen LogP contribution in [0, 0.1) is 0 Å². The van der Waals surface area contributed by atoms with Crippen LogP contribution in [0.15, 0.2) is 79.0 Å². The van der Waals surface area contributed by atoms with Crippen molar-refractivity contribution in [2.24, 2.45) is 0 Å². The first kappa shape index (κ1) is 11.2. The van der Waals surface area contributed by atoms with E-state index in [4.69, 9.17) is 0 Å². The summed E-state index contributed by atoms with van der Waals surface area (Å²) in [4.78, 5) is 4.52. The van der Waals surface area contributed by atoms with Crippen LogP contribution < -0.4 is 0 Å². The minimum Gasteiger partial charge on any atom is -0.256 e. The molecule has 4 rings (SSSR count). The molecule has 0 aliphatic rings. The third-order valence-corrected chi connectivity index (χ3v) is 3.72. The molecule has 1 heterocycles. The highest BCUT2D eigenvalue weighted by Crippen LogP contribution is 2.32. The standard InChI is InChI=1S/C19H13N/c1-2-6-14(7-3-1)17-12-13-20-18-11-10-15-8-4-5-9-16(15)19(17)18/h1-13H. The summed E-state index contributed by atoms with van der Waals surface area (Å²) in [6.45, 7) is 0. The zero-order valence-electron chi connectivity index (χ0n) is 11.0. The molecule has 0 spiro atoms. The quantitative estimate of drug-likeness (QED) is 0.433. The Hall–Kier alpha value is -2.67. The molecule has 1 nitrogen and oxygen atoms in total. The molecule has 0 N–H and O–H groups in total. The molecule has 0 atom stereocenters. The Morgan fingerprint density at radius 2 is 1.45 bits per heavy atom. The highest BCUT2D eigenvalue weighted by atomic mass is 14.6. The van der Waals surface area contributed by atoms with E-state index in [2.05, 4.69) is 71.7 Å². The van der Waals surface area contributed by atoms with E-state index in [-0.39, 0.29) is 0 Å². The molecule has 0 amide bonds. The second-order valence-corrected chi connectivity index (χ2v) is 4.91. The maximum Gasteiger partial charge on any atom is 0.0714 e. The molecular weight excluding hydrogens is 242 g/mol. The topological polar surface area (TPSA) is 12.9 Å². The van der Waals surface area contributed by atoms with Crippen molar-refractivity contribution in [3.05, 3.63) is 79.0 Å². The Kier molecular flexibility index (Phi) is 2.49. The third-order valence-electron chi connectivity index (χ3n) is 3.72. The van der Waals surface area contributed by atoms with Gasteiger partial charge in [0.1, 0.15) is 0 Å². The highest BCUT2D eigenvalue weighted by molar-refractivity contribution is 6.12. The molecule has 0 aliphatic carbocycles. The van der Waals surface area contributed by atoms with Gasteiger partial charge in [-0.3, -0.25) is 4.98 Å². The summed E-state index contributed by atoms with van der Waals surface area (Å²) >= 11 is 0. The molecule has 0 saturated carbocycles. The van der Waals surface area contributed by atoms with Gasteiger partial charge in [-0.05, 0) is 34.0 Å². The number of rotatable bonds is 1. The van der Waals surface area contributed by atoms with Crippen molar-refractivity contribution in [1.29, 1.82) is 0 Å². The van der Waals surface area contributed by atoms with Crippen molar-refractivity contribution >= 4 is 21.7 Å². The van der Waals surface area contributed by atoms with Gasteiger partial charge in [-0.15, -0.1) is 0 Å². The fourth-order valence-corrected chi connectivity index (χ4v) is 2.78. The fourth-order valence-electron chi connectivity index (χ4n) is 2.78. The molecule has 1 heteroatoms. The van der Waals surface area contributed by atoms with E-state index in [1.807, 2.05) is 12.3 Å². The van der Waals surface area contributed by atoms with Crippen molar-refractivity contribution in [3.63, 3.8) is 0 Å². The van der Waals surface area contributed by atoms with Crippen LogP contribution in [0.4, 0.5) is 0 Å². The van der Waals surface area contributed by atoms with Gasteiger partial charge in [0.25, 0.3) is 0 Å². The van der Waals surface area contributed by atoms with Gasteiger partial charge in [0.15, 0.2) is 0 Å². The molecule has 0 aliphatic heterocycles. The van der Waals surface area contributed by atoms with E-state index in [1.165, 1.54) is 27.3 Å². The Labute approximate surface area is 117 Å². The first-order chi connectivity index (χ1) is 9.93. The van der Waals surface area contributed by atoms with Crippen LogP contribution in [0.2, 0.25) is 0 Å². The fraction of sp³-hybridized carbons (Fsp3) is 0. The van der Waals surface area contributed by atoms with Crippen molar-refractivity contribution in [2.45, 2.75) is 0 Å². The molecule has 20 heavy (non-hydrogen) atoms. The number of hydrogen-bond acceptors (Lipinski definition) is 1. The molecule has 4 aromatic rings. The second-order valence-electron chi connectivity index (χ2n) is 4.91. The summed E-state index contributed by atoms with van der Waals surface area (Å²) in [7, 11) is 0. The predicted molar refractivity (Wildman–Crippen MR) is 84.7 cm³/mol. The summed E-state index contributed by atoms with van der Waals surface area (Å²) in [6, 6.07) is 25.3. The second kappa shape index (κ2) is 4.46. The average molecular weight is 255 g/mol. The van der Waals surface area contributed by atoms with Crippen molar-refractivity contribution < 1.29 is 0 Å². The summed E-state index contributed by atoms with van der Waals surface area (Å²) < 4.78 is 0. The Balaban J connectivity index is 2.19. The lowest BCUT2D eigenvalue weighted by Crippen LogP contribution is -1.86. The van der Waals surface area contributed by atoms with E-state index in [1.54, 1.807) is 0 Å². The lowest BCUT2D eigenvalue weighted by atomic mass is 9.97. The van der Waals surface area contributed by atoms with Crippen LogP contribution >= 0.6 is 0 Å². The number of aromatic nitrogens is 1. The molecule has 0 fully saturated rings. The number of benzene rings is 3. The zero-order valence-corrected chi connectivity index (χ0v) is 11.0. The molecular formula is C19H13N. The van der Waals surface area contributed by atoms with Gasteiger partial charge >= 0.3 is 0 Å². The van der Waals surface area contributed by atoms with Gasteiger partial charge < -0.3 is 0 Å². The van der Waals surface area contributed by atoms with Gasteiger partial charge in [-0.2, -0.15) is 0 Å². The average Bonchev–Trinajstić information content (AvgIpc) is 2.55. The van der Waals surface area contributed by atoms with E-state index >= 15 is 0 Å². The van der Waals surface area contributed by atoms with E-state index < -0.39 is 0 Å². The maximum absolute atomic E-state index is 4.52. The summed E-state index contributed by atoms with van der Waals surface area (Å²) in [5.41, 5.74) is 3.52. The first-order valence-corrected chi connectivity index (χ1v) is 6.75. The Morgan fingerprint density at radius 1 is 0.650 bits per heavy atom. The molecule has 0 saturated heterocycles. The third kappa shape index (κ3) is 1.68. The lowest BCUT2D eigenvalue weighted by molar-refractivity contribution is 1.42. The Bertz CT molecular complexity index is 895. The molecule has 0 unspecified atom stereocenters. The van der Waals surface area contributed by atoms with E-state index in [0.717, 1.165) is 5.52 Å². The minimum absolute atomic E-state index is 1.05. The van der Waals surface area contributed by atoms with E-state index in [0.29, 0.717) is 0 Å². The predicted octanol–water partition coefficient (Wildman–Crippen LogP) is 5.06. The minimum atomic E-state index is 1.05. The van der Waals surface area contributed by atoms with Crippen LogP contribution in [-0.2, 0) is 0 Å². The highest BCUT2D eigenvalue weighted by Gasteiger charge is 2.07. The monoisotopic (exact) mass is 255 g/mol. The summed E-state index contributed by atoms with van der Waals surface area (Å²) in [5, 5.41) is 3.75. The van der Waals surface area contributed by atoms with Crippen LogP contribution in [-0.4, -0.2) is 4.98 Å². The smallest absolute Gasteiger partial charge is 0.0714 e. The lowest BCUT2D eigenvalue weighted by Gasteiger charge is -2.09. The number of nitrogens with zero attached hydrogens (tertiary/aromatic N) is 1. The SMILES string of the molecule is c1ccc(-c2ccnc3ccc4ccccc4c23)cc1. The first-order valence-electron chi connectivity index (χ1n) is 6.75. The summed E-state index contributed by atoms with van der Waals surface area (Å²) in [6.07, 6.45) is 1.89. The van der Waals surface area contributed by atoms with E-state index in [9.17, 15) is 0 Å². The van der Waals surface area contributed by atoms with Crippen LogP contribution in [0.1, 0.15) is 0 Å². The van der Waals surface area contributed by atoms with Crippen LogP contribution in [0.25, 0.3) is 32.8 Å². The molecule has 3 aromatic carbocycles. The van der Waals surface area contributed by atoms with Crippen molar-refractivity contribution in [3.8, 4) is 11.1 Å². The van der Waals surface area contributed by atoms with Gasteiger partial charge in [0, 0.05) is 11.6 Å². The van der Waals surface area contributed by atoms with Crippen LogP contribution in [0.5, 0.6) is 0 Å². The Morgan fingerprint density at radius 3 is 2.35 bits per heavy atom.